The maximum absolute atomic E-state index is 12.2. The van der Waals surface area contributed by atoms with Crippen molar-refractivity contribution in [2.45, 2.75) is 19.9 Å². The number of amides is 2. The third-order valence-electron chi connectivity index (χ3n) is 4.19. The summed E-state index contributed by atoms with van der Waals surface area (Å²) in [6.07, 6.45) is 0.129. The number of benzene rings is 2. The second-order valence-electron chi connectivity index (χ2n) is 6.08. The number of carbonyl (C=O) groups is 2. The van der Waals surface area contributed by atoms with E-state index >= 15 is 0 Å². The zero-order valence-corrected chi connectivity index (χ0v) is 14.9. The quantitative estimate of drug-likeness (QED) is 0.850. The van der Waals surface area contributed by atoms with Gasteiger partial charge in [-0.3, -0.25) is 9.59 Å². The van der Waals surface area contributed by atoms with E-state index in [1.165, 1.54) is 6.92 Å². The van der Waals surface area contributed by atoms with E-state index in [0.717, 1.165) is 5.56 Å². The standard InChI is InChI=1S/C20H19N3O4/c1-14(24)23(12-15-6-7-18-19(10-15)27-13-26-18)9-8-20(25)22-17-5-3-2-4-16(17)11-21/h2-7,10H,8-9,12-13H2,1H3,(H,22,25). The third-order valence-corrected chi connectivity index (χ3v) is 4.19. The van der Waals surface area contributed by atoms with Gasteiger partial charge >= 0.3 is 0 Å². The maximum Gasteiger partial charge on any atom is 0.231 e. The van der Waals surface area contributed by atoms with E-state index in [-0.39, 0.29) is 31.6 Å². The molecule has 7 nitrogen and oxygen atoms in total. The molecule has 2 aromatic carbocycles. The highest BCUT2D eigenvalue weighted by atomic mass is 16.7. The van der Waals surface area contributed by atoms with Crippen LogP contribution in [0.2, 0.25) is 0 Å². The molecule has 0 saturated carbocycles. The zero-order valence-electron chi connectivity index (χ0n) is 14.9. The predicted octanol–water partition coefficient (Wildman–Crippen LogP) is 2.66. The fourth-order valence-corrected chi connectivity index (χ4v) is 2.75. The molecule has 0 aliphatic carbocycles. The summed E-state index contributed by atoms with van der Waals surface area (Å²) in [6, 6.07) is 14.3. The highest BCUT2D eigenvalue weighted by molar-refractivity contribution is 5.92. The Balaban J connectivity index is 1.59. The number of fused-ring (bicyclic) bond motifs is 1. The monoisotopic (exact) mass is 365 g/mol. The number of hydrogen-bond acceptors (Lipinski definition) is 5. The van der Waals surface area contributed by atoms with Gasteiger partial charge in [0, 0.05) is 26.4 Å². The topological polar surface area (TPSA) is 91.7 Å². The Morgan fingerprint density at radius 1 is 1.19 bits per heavy atom. The van der Waals surface area contributed by atoms with E-state index in [1.54, 1.807) is 29.2 Å². The number of nitriles is 1. The van der Waals surface area contributed by atoms with Crippen LogP contribution in [0, 0.1) is 11.3 Å². The Kier molecular flexibility index (Phi) is 5.57. The van der Waals surface area contributed by atoms with E-state index in [4.69, 9.17) is 14.7 Å². The normalized spacial score (nSPS) is 11.6. The molecule has 1 heterocycles. The summed E-state index contributed by atoms with van der Waals surface area (Å²) in [6.45, 7) is 2.30. The number of nitrogens with one attached hydrogen (secondary N) is 1. The van der Waals surface area contributed by atoms with Gasteiger partial charge in [-0.05, 0) is 29.8 Å². The van der Waals surface area contributed by atoms with E-state index in [2.05, 4.69) is 5.32 Å². The van der Waals surface area contributed by atoms with Crippen LogP contribution < -0.4 is 14.8 Å². The lowest BCUT2D eigenvalue weighted by Crippen LogP contribution is -2.31. The molecule has 0 aromatic heterocycles. The molecule has 1 aliphatic rings. The van der Waals surface area contributed by atoms with Crippen LogP contribution in [0.1, 0.15) is 24.5 Å². The fourth-order valence-electron chi connectivity index (χ4n) is 2.75. The number of rotatable bonds is 6. The first-order valence-corrected chi connectivity index (χ1v) is 8.50. The van der Waals surface area contributed by atoms with Crippen molar-refractivity contribution < 1.29 is 19.1 Å². The van der Waals surface area contributed by atoms with Gasteiger partial charge in [-0.15, -0.1) is 0 Å². The summed E-state index contributed by atoms with van der Waals surface area (Å²) in [4.78, 5) is 25.8. The van der Waals surface area contributed by atoms with E-state index < -0.39 is 0 Å². The summed E-state index contributed by atoms with van der Waals surface area (Å²) >= 11 is 0. The summed E-state index contributed by atoms with van der Waals surface area (Å²) in [5, 5.41) is 11.8. The van der Waals surface area contributed by atoms with Crippen molar-refractivity contribution in [1.82, 2.24) is 4.90 Å². The molecule has 0 radical (unpaired) electrons. The number of carbonyl (C=O) groups excluding carboxylic acids is 2. The van der Waals surface area contributed by atoms with Gasteiger partial charge in [0.1, 0.15) is 6.07 Å². The molecule has 0 atom stereocenters. The molecule has 2 amide bonds. The first-order chi connectivity index (χ1) is 13.1. The van der Waals surface area contributed by atoms with Crippen LogP contribution in [0.5, 0.6) is 11.5 Å². The molecular formula is C20H19N3O4. The SMILES string of the molecule is CC(=O)N(CCC(=O)Nc1ccccc1C#N)Cc1ccc2c(c1)OCO2. The number of para-hydroxylation sites is 1. The minimum atomic E-state index is -0.255. The summed E-state index contributed by atoms with van der Waals surface area (Å²) < 4.78 is 10.6. The highest BCUT2D eigenvalue weighted by Gasteiger charge is 2.17. The minimum Gasteiger partial charge on any atom is -0.454 e. The number of nitrogens with zero attached hydrogens (tertiary/aromatic N) is 2. The molecule has 2 aromatic rings. The van der Waals surface area contributed by atoms with Gasteiger partial charge < -0.3 is 19.7 Å². The predicted molar refractivity (Wildman–Crippen MR) is 98.1 cm³/mol. The van der Waals surface area contributed by atoms with Crippen LogP contribution in [-0.2, 0) is 16.1 Å². The van der Waals surface area contributed by atoms with E-state index in [0.29, 0.717) is 29.3 Å². The van der Waals surface area contributed by atoms with Gasteiger partial charge in [-0.25, -0.2) is 0 Å². The molecule has 0 unspecified atom stereocenters. The molecule has 0 spiro atoms. The van der Waals surface area contributed by atoms with Crippen LogP contribution in [0.15, 0.2) is 42.5 Å². The Morgan fingerprint density at radius 2 is 1.96 bits per heavy atom. The van der Waals surface area contributed by atoms with Gasteiger partial charge in [-0.1, -0.05) is 18.2 Å². The third kappa shape index (κ3) is 4.55. The molecule has 138 valence electrons. The lowest BCUT2D eigenvalue weighted by Gasteiger charge is -2.21. The second-order valence-corrected chi connectivity index (χ2v) is 6.08. The van der Waals surface area contributed by atoms with Crippen molar-refractivity contribution in [1.29, 1.82) is 5.26 Å². The van der Waals surface area contributed by atoms with Crippen molar-refractivity contribution in [3.8, 4) is 17.6 Å². The molecule has 0 bridgehead atoms. The van der Waals surface area contributed by atoms with Crippen LogP contribution in [0.4, 0.5) is 5.69 Å². The Morgan fingerprint density at radius 3 is 2.74 bits per heavy atom. The molecule has 0 saturated heterocycles. The van der Waals surface area contributed by atoms with Crippen molar-refractivity contribution in [3.05, 3.63) is 53.6 Å². The van der Waals surface area contributed by atoms with Gasteiger partial charge in [0.2, 0.25) is 18.6 Å². The summed E-state index contributed by atoms with van der Waals surface area (Å²) in [5.41, 5.74) is 1.76. The van der Waals surface area contributed by atoms with Crippen LogP contribution in [0.25, 0.3) is 0 Å². The number of hydrogen-bond donors (Lipinski definition) is 1. The largest absolute Gasteiger partial charge is 0.454 e. The van der Waals surface area contributed by atoms with Gasteiger partial charge in [0.15, 0.2) is 11.5 Å². The minimum absolute atomic E-state index is 0.127. The molecule has 1 N–H and O–H groups in total. The van der Waals surface area contributed by atoms with Crippen molar-refractivity contribution in [2.24, 2.45) is 0 Å². The van der Waals surface area contributed by atoms with E-state index in [1.807, 2.05) is 24.3 Å². The molecular weight excluding hydrogens is 346 g/mol. The molecule has 1 aliphatic heterocycles. The lowest BCUT2D eigenvalue weighted by molar-refractivity contribution is -0.129. The average molecular weight is 365 g/mol. The van der Waals surface area contributed by atoms with Crippen molar-refractivity contribution in [2.75, 3.05) is 18.7 Å². The smallest absolute Gasteiger partial charge is 0.231 e. The zero-order chi connectivity index (χ0) is 19.2. The first-order valence-electron chi connectivity index (χ1n) is 8.50. The molecule has 27 heavy (non-hydrogen) atoms. The lowest BCUT2D eigenvalue weighted by atomic mass is 10.1. The summed E-state index contributed by atoms with van der Waals surface area (Å²) in [7, 11) is 0. The maximum atomic E-state index is 12.2. The van der Waals surface area contributed by atoms with Crippen LogP contribution in [0.3, 0.4) is 0 Å². The number of ether oxygens (including phenoxy) is 2. The summed E-state index contributed by atoms with van der Waals surface area (Å²) in [5.74, 6) is 0.957. The molecule has 7 heteroatoms. The Bertz CT molecular complexity index is 904. The van der Waals surface area contributed by atoms with Gasteiger partial charge in [-0.2, -0.15) is 5.26 Å². The fraction of sp³-hybridized carbons (Fsp3) is 0.250. The second kappa shape index (κ2) is 8.23. The van der Waals surface area contributed by atoms with Crippen molar-refractivity contribution in [3.63, 3.8) is 0 Å². The highest BCUT2D eigenvalue weighted by Crippen LogP contribution is 2.32. The Labute approximate surface area is 157 Å². The number of anilines is 1. The molecule has 3 rings (SSSR count). The van der Waals surface area contributed by atoms with Crippen LogP contribution >= 0.6 is 0 Å². The first kappa shape index (κ1) is 18.3. The van der Waals surface area contributed by atoms with Crippen molar-refractivity contribution >= 4 is 17.5 Å². The van der Waals surface area contributed by atoms with Gasteiger partial charge in [0.25, 0.3) is 0 Å². The van der Waals surface area contributed by atoms with Gasteiger partial charge in [0.05, 0.1) is 11.3 Å². The Hall–Kier alpha value is -3.53. The molecule has 0 fully saturated rings. The van der Waals surface area contributed by atoms with E-state index in [9.17, 15) is 9.59 Å². The average Bonchev–Trinajstić information content (AvgIpc) is 3.13. The van der Waals surface area contributed by atoms with Crippen LogP contribution in [-0.4, -0.2) is 30.1 Å².